The molecule has 1 aromatic rings. The molecule has 1 aromatic heterocycles. The lowest BCUT2D eigenvalue weighted by Crippen LogP contribution is -2.50. The van der Waals surface area contributed by atoms with Crippen LogP contribution in [0.1, 0.15) is 10.6 Å². The summed E-state index contributed by atoms with van der Waals surface area (Å²) in [4.78, 5) is 29.1. The van der Waals surface area contributed by atoms with Gasteiger partial charge in [-0.05, 0) is 6.07 Å². The van der Waals surface area contributed by atoms with Crippen molar-refractivity contribution in [3.8, 4) is 0 Å². The van der Waals surface area contributed by atoms with Crippen LogP contribution in [0.4, 0.5) is 0 Å². The molecule has 9 nitrogen and oxygen atoms in total. The average Bonchev–Trinajstić information content (AvgIpc) is 2.44. The predicted molar refractivity (Wildman–Crippen MR) is 58.0 cm³/mol. The number of nitrogens with zero attached hydrogens (tertiary/aromatic N) is 2. The topological polar surface area (TPSA) is 161 Å². The third-order valence-electron chi connectivity index (χ3n) is 2.30. The molecule has 0 radical (unpaired) electrons. The highest BCUT2D eigenvalue weighted by atomic mass is 16.4. The number of aliphatic carboxylic acids is 1. The molecule has 19 heavy (non-hydrogen) atoms. The second-order valence-corrected chi connectivity index (χ2v) is 3.65. The van der Waals surface area contributed by atoms with Gasteiger partial charge in [-0.25, -0.2) is 14.8 Å². The van der Waals surface area contributed by atoms with E-state index in [1.165, 1.54) is 18.5 Å². The molecule has 0 aromatic carbocycles. The molecular weight excluding hydrogens is 260 g/mol. The van der Waals surface area contributed by atoms with Crippen molar-refractivity contribution in [1.29, 1.82) is 0 Å². The van der Waals surface area contributed by atoms with Gasteiger partial charge in [0.05, 0.1) is 0 Å². The average molecular weight is 272 g/mol. The number of carboxylic acid groups (broad SMARTS) is 1. The van der Waals surface area contributed by atoms with Crippen molar-refractivity contribution in [2.45, 2.75) is 24.4 Å². The Kier molecular flexibility index (Phi) is 5.01. The van der Waals surface area contributed by atoms with E-state index in [1.807, 2.05) is 0 Å². The van der Waals surface area contributed by atoms with E-state index in [0.29, 0.717) is 0 Å². The van der Waals surface area contributed by atoms with Crippen molar-refractivity contribution >= 4 is 11.8 Å². The molecule has 0 spiro atoms. The summed E-state index contributed by atoms with van der Waals surface area (Å²) in [5, 5.41) is 45.7. The zero-order valence-electron chi connectivity index (χ0n) is 9.49. The van der Waals surface area contributed by atoms with E-state index in [-0.39, 0.29) is 0 Å². The van der Waals surface area contributed by atoms with E-state index in [2.05, 4.69) is 9.97 Å². The number of hydrogen-bond donors (Lipinski definition) is 5. The first-order valence-corrected chi connectivity index (χ1v) is 5.12. The summed E-state index contributed by atoms with van der Waals surface area (Å²) in [5.74, 6) is -3.32. The summed E-state index contributed by atoms with van der Waals surface area (Å²) in [6.45, 7) is 0. The first kappa shape index (κ1) is 15.1. The van der Waals surface area contributed by atoms with Gasteiger partial charge in [-0.15, -0.1) is 0 Å². The van der Waals surface area contributed by atoms with Crippen LogP contribution < -0.4 is 0 Å². The number of carbonyl (C=O) groups is 2. The zero-order chi connectivity index (χ0) is 14.6. The quantitative estimate of drug-likeness (QED) is 0.344. The van der Waals surface area contributed by atoms with Gasteiger partial charge in [0.15, 0.2) is 11.9 Å². The van der Waals surface area contributed by atoms with E-state index in [1.54, 1.807) is 0 Å². The molecule has 4 atom stereocenters. The van der Waals surface area contributed by atoms with Gasteiger partial charge >= 0.3 is 5.97 Å². The van der Waals surface area contributed by atoms with Crippen molar-refractivity contribution in [1.82, 2.24) is 9.97 Å². The van der Waals surface area contributed by atoms with Gasteiger partial charge in [0.2, 0.25) is 5.78 Å². The molecule has 0 aliphatic heterocycles. The maximum absolute atomic E-state index is 11.6. The van der Waals surface area contributed by atoms with Crippen LogP contribution in [0, 0.1) is 0 Å². The predicted octanol–water partition coefficient (Wildman–Crippen LogP) is -2.81. The lowest BCUT2D eigenvalue weighted by Gasteiger charge is -2.23. The Labute approximate surface area is 106 Å². The molecule has 104 valence electrons. The first-order valence-electron chi connectivity index (χ1n) is 5.12. The van der Waals surface area contributed by atoms with Crippen LogP contribution in [-0.2, 0) is 4.79 Å². The summed E-state index contributed by atoms with van der Waals surface area (Å²) >= 11 is 0. The Bertz CT molecular complexity index is 452. The standard InChI is InChI=1S/C10H12N2O7/c13-4(6(15)8(17)10(18)19)5(14)7(16)9-11-2-1-3-12-9/h1-6,8,13-15,17H,(H,18,19)/t4-,5-,6+,8+/m1/s1. The Hall–Kier alpha value is -1.94. The number of Topliss-reactive ketones (excluding diaryl/α,β-unsaturated/α-hetero) is 1. The summed E-state index contributed by atoms with van der Waals surface area (Å²) in [7, 11) is 0. The fraction of sp³-hybridized carbons (Fsp3) is 0.400. The summed E-state index contributed by atoms with van der Waals surface area (Å²) in [6.07, 6.45) is -6.48. The van der Waals surface area contributed by atoms with Gasteiger partial charge in [-0.3, -0.25) is 4.79 Å². The Balaban J connectivity index is 2.80. The number of carbonyl (C=O) groups excluding carboxylic acids is 1. The Morgan fingerprint density at radius 3 is 1.89 bits per heavy atom. The van der Waals surface area contributed by atoms with Crippen LogP contribution in [0.2, 0.25) is 0 Å². The normalized spacial score (nSPS) is 17.3. The van der Waals surface area contributed by atoms with Crippen LogP contribution in [0.25, 0.3) is 0 Å². The Morgan fingerprint density at radius 2 is 1.42 bits per heavy atom. The van der Waals surface area contributed by atoms with Crippen molar-refractivity contribution in [3.05, 3.63) is 24.3 Å². The van der Waals surface area contributed by atoms with Crippen LogP contribution in [0.15, 0.2) is 18.5 Å². The van der Waals surface area contributed by atoms with Crippen LogP contribution in [-0.4, -0.2) is 71.7 Å². The minimum Gasteiger partial charge on any atom is -0.479 e. The van der Waals surface area contributed by atoms with Crippen LogP contribution >= 0.6 is 0 Å². The van der Waals surface area contributed by atoms with Crippen LogP contribution in [0.3, 0.4) is 0 Å². The number of ketones is 1. The number of hydrogen-bond acceptors (Lipinski definition) is 8. The van der Waals surface area contributed by atoms with E-state index in [9.17, 15) is 24.9 Å². The van der Waals surface area contributed by atoms with Crippen molar-refractivity contribution in [2.24, 2.45) is 0 Å². The second-order valence-electron chi connectivity index (χ2n) is 3.65. The van der Waals surface area contributed by atoms with Crippen molar-refractivity contribution in [2.75, 3.05) is 0 Å². The Morgan fingerprint density at radius 1 is 0.947 bits per heavy atom. The number of aliphatic hydroxyl groups is 4. The molecule has 1 rings (SSSR count). The van der Waals surface area contributed by atoms with Gasteiger partial charge in [0, 0.05) is 12.4 Å². The summed E-state index contributed by atoms with van der Waals surface area (Å²) < 4.78 is 0. The number of rotatable bonds is 6. The van der Waals surface area contributed by atoms with Crippen molar-refractivity contribution < 1.29 is 35.1 Å². The van der Waals surface area contributed by atoms with Crippen LogP contribution in [0.5, 0.6) is 0 Å². The van der Waals surface area contributed by atoms with Gasteiger partial charge in [-0.1, -0.05) is 0 Å². The van der Waals surface area contributed by atoms with Gasteiger partial charge < -0.3 is 25.5 Å². The highest BCUT2D eigenvalue weighted by molar-refractivity contribution is 5.96. The number of aliphatic hydroxyl groups excluding tert-OH is 4. The largest absolute Gasteiger partial charge is 0.479 e. The molecule has 0 bridgehead atoms. The summed E-state index contributed by atoms with van der Waals surface area (Å²) in [5.41, 5.74) is 0. The molecule has 0 fully saturated rings. The third kappa shape index (κ3) is 3.51. The molecule has 0 amide bonds. The minimum atomic E-state index is -2.34. The first-order chi connectivity index (χ1) is 8.86. The maximum Gasteiger partial charge on any atom is 0.335 e. The zero-order valence-corrected chi connectivity index (χ0v) is 9.49. The monoisotopic (exact) mass is 272 g/mol. The third-order valence-corrected chi connectivity index (χ3v) is 2.30. The molecule has 0 aliphatic carbocycles. The second kappa shape index (κ2) is 6.29. The molecule has 1 heterocycles. The molecule has 0 aliphatic rings. The molecule has 5 N–H and O–H groups in total. The highest BCUT2D eigenvalue weighted by Crippen LogP contribution is 2.09. The van der Waals surface area contributed by atoms with E-state index >= 15 is 0 Å². The lowest BCUT2D eigenvalue weighted by atomic mass is 10.00. The SMILES string of the molecule is O=C(O)[C@@H](O)[C@@H](O)[C@H](O)[C@@H](O)C(=O)c1ncccn1. The van der Waals surface area contributed by atoms with E-state index < -0.39 is 42.0 Å². The summed E-state index contributed by atoms with van der Waals surface area (Å²) in [6, 6.07) is 1.42. The smallest absolute Gasteiger partial charge is 0.335 e. The molecule has 0 saturated carbocycles. The molecule has 0 unspecified atom stereocenters. The molecule has 9 heteroatoms. The minimum absolute atomic E-state index is 0.411. The molecular formula is C10H12N2O7. The van der Waals surface area contributed by atoms with Gasteiger partial charge in [-0.2, -0.15) is 0 Å². The van der Waals surface area contributed by atoms with E-state index in [4.69, 9.17) is 10.2 Å². The number of carboxylic acids is 1. The lowest BCUT2D eigenvalue weighted by molar-refractivity contribution is -0.161. The van der Waals surface area contributed by atoms with Gasteiger partial charge in [0.1, 0.15) is 18.3 Å². The molecule has 0 saturated heterocycles. The fourth-order valence-electron chi connectivity index (χ4n) is 1.23. The van der Waals surface area contributed by atoms with Crippen molar-refractivity contribution in [3.63, 3.8) is 0 Å². The van der Waals surface area contributed by atoms with E-state index in [0.717, 1.165) is 0 Å². The number of aromatic nitrogens is 2. The highest BCUT2D eigenvalue weighted by Gasteiger charge is 2.38. The fourth-order valence-corrected chi connectivity index (χ4v) is 1.23. The van der Waals surface area contributed by atoms with Gasteiger partial charge in [0.25, 0.3) is 0 Å². The maximum atomic E-state index is 11.6.